The van der Waals surface area contributed by atoms with Gasteiger partial charge in [-0.25, -0.2) is 4.79 Å². The van der Waals surface area contributed by atoms with Crippen molar-refractivity contribution >= 4 is 11.9 Å². The molecule has 0 aromatic heterocycles. The van der Waals surface area contributed by atoms with E-state index < -0.39 is 23.5 Å². The predicted octanol–water partition coefficient (Wildman–Crippen LogP) is 0.0932. The van der Waals surface area contributed by atoms with Crippen LogP contribution in [0.4, 0.5) is 0 Å². The lowest BCUT2D eigenvalue weighted by Gasteiger charge is -2.26. The molecule has 82 valence electrons. The molecule has 5 nitrogen and oxygen atoms in total. The molecule has 5 heteroatoms. The number of carboxylic acids is 1. The molecule has 1 amide bonds. The van der Waals surface area contributed by atoms with Crippen LogP contribution in [0.25, 0.3) is 0 Å². The normalized spacial score (nSPS) is 16.9. The number of hydrogen-bond acceptors (Lipinski definition) is 3. The van der Waals surface area contributed by atoms with Gasteiger partial charge in [0.15, 0.2) is 0 Å². The highest BCUT2D eigenvalue weighted by atomic mass is 16.4. The first-order valence-corrected chi connectivity index (χ1v) is 4.68. The zero-order chi connectivity index (χ0) is 11.4. The number of carbonyl (C=O) groups is 2. The van der Waals surface area contributed by atoms with Gasteiger partial charge in [0.2, 0.25) is 5.91 Å². The van der Waals surface area contributed by atoms with E-state index in [-0.39, 0.29) is 0 Å². The van der Waals surface area contributed by atoms with Gasteiger partial charge in [-0.05, 0) is 19.8 Å². The lowest BCUT2D eigenvalue weighted by Crippen LogP contribution is -2.55. The molecular weight excluding hydrogens is 184 g/mol. The number of aliphatic carboxylic acids is 1. The zero-order valence-electron chi connectivity index (χ0n) is 8.83. The average molecular weight is 202 g/mol. The van der Waals surface area contributed by atoms with E-state index in [0.29, 0.717) is 12.8 Å². The summed E-state index contributed by atoms with van der Waals surface area (Å²) in [5, 5.41) is 11.3. The van der Waals surface area contributed by atoms with E-state index in [2.05, 4.69) is 5.32 Å². The first-order valence-electron chi connectivity index (χ1n) is 4.68. The van der Waals surface area contributed by atoms with Crippen LogP contribution < -0.4 is 11.1 Å². The van der Waals surface area contributed by atoms with E-state index in [4.69, 9.17) is 10.8 Å². The van der Waals surface area contributed by atoms with Crippen LogP contribution in [0.2, 0.25) is 0 Å². The summed E-state index contributed by atoms with van der Waals surface area (Å²) in [6, 6.07) is -0.639. The van der Waals surface area contributed by atoms with Gasteiger partial charge in [-0.15, -0.1) is 0 Å². The lowest BCUT2D eigenvalue weighted by molar-refractivity contribution is -0.147. The monoisotopic (exact) mass is 202 g/mol. The average Bonchev–Trinajstić information content (AvgIpc) is 2.15. The quantitative estimate of drug-likeness (QED) is 0.589. The molecule has 0 fully saturated rings. The van der Waals surface area contributed by atoms with Crippen molar-refractivity contribution in [3.63, 3.8) is 0 Å². The number of carbonyl (C=O) groups excluding carboxylic acids is 1. The van der Waals surface area contributed by atoms with E-state index in [9.17, 15) is 9.59 Å². The van der Waals surface area contributed by atoms with E-state index in [1.165, 1.54) is 6.92 Å². The molecule has 0 heterocycles. The van der Waals surface area contributed by atoms with Crippen LogP contribution in [0.15, 0.2) is 0 Å². The minimum atomic E-state index is -1.22. The van der Waals surface area contributed by atoms with E-state index >= 15 is 0 Å². The second-order valence-electron chi connectivity index (χ2n) is 3.49. The minimum absolute atomic E-state index is 0.324. The van der Waals surface area contributed by atoms with Crippen molar-refractivity contribution < 1.29 is 14.7 Å². The van der Waals surface area contributed by atoms with Crippen LogP contribution in [0.5, 0.6) is 0 Å². The van der Waals surface area contributed by atoms with Crippen molar-refractivity contribution in [2.45, 2.75) is 45.2 Å². The summed E-state index contributed by atoms with van der Waals surface area (Å²) in [5.41, 5.74) is 4.26. The SMILES string of the molecule is CC[C@@H](N)C(=O)NC(C)(CC)C(=O)O. The number of amides is 1. The molecule has 14 heavy (non-hydrogen) atoms. The molecule has 0 saturated heterocycles. The fraction of sp³-hybridized carbons (Fsp3) is 0.778. The molecule has 0 aliphatic rings. The first kappa shape index (κ1) is 12.9. The Kier molecular flexibility index (Phi) is 4.56. The van der Waals surface area contributed by atoms with Crippen molar-refractivity contribution in [2.75, 3.05) is 0 Å². The van der Waals surface area contributed by atoms with Crippen molar-refractivity contribution in [1.82, 2.24) is 5.32 Å². The van der Waals surface area contributed by atoms with E-state index in [0.717, 1.165) is 0 Å². The molecule has 0 saturated carbocycles. The molecule has 0 aliphatic heterocycles. The predicted molar refractivity (Wildman–Crippen MR) is 52.7 cm³/mol. The van der Waals surface area contributed by atoms with Crippen LogP contribution in [0.1, 0.15) is 33.6 Å². The number of hydrogen-bond donors (Lipinski definition) is 3. The van der Waals surface area contributed by atoms with Gasteiger partial charge in [-0.2, -0.15) is 0 Å². The third kappa shape index (κ3) is 2.99. The van der Waals surface area contributed by atoms with Crippen LogP contribution in [0.3, 0.4) is 0 Å². The summed E-state index contributed by atoms with van der Waals surface area (Å²) in [6.45, 7) is 4.94. The molecular formula is C9H18N2O3. The molecule has 0 radical (unpaired) electrons. The maximum absolute atomic E-state index is 11.4. The molecule has 0 bridgehead atoms. The van der Waals surface area contributed by atoms with Gasteiger partial charge in [0.25, 0.3) is 0 Å². The maximum Gasteiger partial charge on any atom is 0.329 e. The van der Waals surface area contributed by atoms with Crippen LogP contribution in [0, 0.1) is 0 Å². The summed E-state index contributed by atoms with van der Waals surface area (Å²) in [6.07, 6.45) is 0.815. The van der Waals surface area contributed by atoms with Crippen LogP contribution >= 0.6 is 0 Å². The second kappa shape index (κ2) is 4.95. The molecule has 0 rings (SSSR count). The number of nitrogens with one attached hydrogen (secondary N) is 1. The van der Waals surface area contributed by atoms with Crippen molar-refractivity contribution in [3.05, 3.63) is 0 Å². The Balaban J connectivity index is 4.47. The Labute approximate surface area is 83.7 Å². The Bertz CT molecular complexity index is 230. The standard InChI is InChI=1S/C9H18N2O3/c1-4-6(10)7(12)11-9(3,5-2)8(13)14/h6H,4-5,10H2,1-3H3,(H,11,12)(H,13,14)/t6-,9?/m1/s1. The topological polar surface area (TPSA) is 92.4 Å². The molecule has 4 N–H and O–H groups in total. The maximum atomic E-state index is 11.4. The van der Waals surface area contributed by atoms with Gasteiger partial charge in [0.1, 0.15) is 5.54 Å². The highest BCUT2D eigenvalue weighted by Crippen LogP contribution is 2.09. The van der Waals surface area contributed by atoms with E-state index in [1.807, 2.05) is 0 Å². The number of rotatable bonds is 5. The summed E-state index contributed by atoms with van der Waals surface area (Å²) in [5.74, 6) is -1.46. The Morgan fingerprint density at radius 3 is 2.29 bits per heavy atom. The number of carboxylic acid groups (broad SMARTS) is 1. The van der Waals surface area contributed by atoms with Crippen molar-refractivity contribution in [3.8, 4) is 0 Å². The number of nitrogens with two attached hydrogens (primary N) is 1. The van der Waals surface area contributed by atoms with Crippen molar-refractivity contribution in [2.24, 2.45) is 5.73 Å². The van der Waals surface area contributed by atoms with Gasteiger partial charge in [0.05, 0.1) is 6.04 Å². The zero-order valence-corrected chi connectivity index (χ0v) is 8.83. The molecule has 2 atom stereocenters. The highest BCUT2D eigenvalue weighted by Gasteiger charge is 2.33. The summed E-state index contributed by atoms with van der Waals surface area (Å²) in [7, 11) is 0. The fourth-order valence-electron chi connectivity index (χ4n) is 0.843. The van der Waals surface area contributed by atoms with Gasteiger partial charge in [-0.3, -0.25) is 4.79 Å². The third-order valence-electron chi connectivity index (χ3n) is 2.35. The molecule has 0 aliphatic carbocycles. The first-order chi connectivity index (χ1) is 6.37. The Morgan fingerprint density at radius 1 is 1.50 bits per heavy atom. The van der Waals surface area contributed by atoms with Gasteiger partial charge < -0.3 is 16.2 Å². The molecule has 0 aromatic rings. The van der Waals surface area contributed by atoms with Gasteiger partial charge in [0, 0.05) is 0 Å². The van der Waals surface area contributed by atoms with E-state index in [1.54, 1.807) is 13.8 Å². The fourth-order valence-corrected chi connectivity index (χ4v) is 0.843. The summed E-state index contributed by atoms with van der Waals surface area (Å²) >= 11 is 0. The minimum Gasteiger partial charge on any atom is -0.480 e. The molecule has 0 aromatic carbocycles. The van der Waals surface area contributed by atoms with Crippen LogP contribution in [-0.2, 0) is 9.59 Å². The van der Waals surface area contributed by atoms with Gasteiger partial charge in [-0.1, -0.05) is 13.8 Å². The Morgan fingerprint density at radius 2 is 2.00 bits per heavy atom. The summed E-state index contributed by atoms with van der Waals surface area (Å²) in [4.78, 5) is 22.2. The van der Waals surface area contributed by atoms with Crippen molar-refractivity contribution in [1.29, 1.82) is 0 Å². The highest BCUT2D eigenvalue weighted by molar-refractivity contribution is 5.89. The second-order valence-corrected chi connectivity index (χ2v) is 3.49. The smallest absolute Gasteiger partial charge is 0.329 e. The largest absolute Gasteiger partial charge is 0.480 e. The third-order valence-corrected chi connectivity index (χ3v) is 2.35. The molecule has 1 unspecified atom stereocenters. The van der Waals surface area contributed by atoms with Crippen LogP contribution in [-0.4, -0.2) is 28.6 Å². The summed E-state index contributed by atoms with van der Waals surface area (Å²) < 4.78 is 0. The lowest BCUT2D eigenvalue weighted by atomic mass is 9.98. The molecule has 0 spiro atoms. The van der Waals surface area contributed by atoms with Gasteiger partial charge >= 0.3 is 5.97 Å². The Hall–Kier alpha value is -1.10.